The third-order valence-electron chi connectivity index (χ3n) is 3.49. The van der Waals surface area contributed by atoms with Crippen LogP contribution in [0, 0.1) is 0 Å². The zero-order valence-electron chi connectivity index (χ0n) is 11.7. The van der Waals surface area contributed by atoms with Gasteiger partial charge in [0.05, 0.1) is 12.2 Å². The summed E-state index contributed by atoms with van der Waals surface area (Å²) in [5, 5.41) is 12.3. The number of amides is 1. The van der Waals surface area contributed by atoms with Gasteiger partial charge in [-0.25, -0.2) is 0 Å². The molecule has 0 radical (unpaired) electrons. The topological polar surface area (TPSA) is 58.6 Å². The van der Waals surface area contributed by atoms with Gasteiger partial charge in [0.15, 0.2) is 0 Å². The highest BCUT2D eigenvalue weighted by atomic mass is 16.5. The van der Waals surface area contributed by atoms with E-state index < -0.39 is 0 Å². The number of carbonyl (C=O) groups is 1. The second-order valence-corrected chi connectivity index (χ2v) is 5.21. The maximum Gasteiger partial charge on any atom is 0.248 e. The fourth-order valence-corrected chi connectivity index (χ4v) is 2.26. The molecule has 2 N–H and O–H groups in total. The second kappa shape index (κ2) is 8.48. The van der Waals surface area contributed by atoms with Crippen LogP contribution in [-0.2, 0) is 9.53 Å². The molecule has 4 nitrogen and oxygen atoms in total. The van der Waals surface area contributed by atoms with Crippen LogP contribution in [0.4, 0.5) is 0 Å². The van der Waals surface area contributed by atoms with Gasteiger partial charge < -0.3 is 15.2 Å². The van der Waals surface area contributed by atoms with E-state index in [1.165, 1.54) is 0 Å². The molecule has 106 valence electrons. The Balaban J connectivity index is 2.14. The second-order valence-electron chi connectivity index (χ2n) is 5.21. The highest BCUT2D eigenvalue weighted by molar-refractivity contribution is 5.80. The van der Waals surface area contributed by atoms with Gasteiger partial charge in [0.25, 0.3) is 0 Å². The first-order valence-corrected chi connectivity index (χ1v) is 7.24. The molecule has 1 aliphatic rings. The van der Waals surface area contributed by atoms with E-state index in [1.807, 2.05) is 0 Å². The Morgan fingerprint density at radius 1 is 1.33 bits per heavy atom. The van der Waals surface area contributed by atoms with Gasteiger partial charge in [-0.3, -0.25) is 4.79 Å². The summed E-state index contributed by atoms with van der Waals surface area (Å²) in [5.74, 6) is -0.0165. The van der Waals surface area contributed by atoms with Crippen molar-refractivity contribution in [3.05, 3.63) is 0 Å². The number of aliphatic hydroxyl groups is 1. The summed E-state index contributed by atoms with van der Waals surface area (Å²) in [4.78, 5) is 11.8. The van der Waals surface area contributed by atoms with Crippen LogP contribution in [-0.4, -0.2) is 35.9 Å². The van der Waals surface area contributed by atoms with Crippen molar-refractivity contribution in [3.63, 3.8) is 0 Å². The van der Waals surface area contributed by atoms with Crippen LogP contribution >= 0.6 is 0 Å². The average Bonchev–Trinajstić information content (AvgIpc) is 2.37. The summed E-state index contributed by atoms with van der Waals surface area (Å²) >= 11 is 0. The highest BCUT2D eigenvalue weighted by Crippen LogP contribution is 2.22. The highest BCUT2D eigenvalue weighted by Gasteiger charge is 2.23. The number of aliphatic hydroxyl groups excluding tert-OH is 1. The smallest absolute Gasteiger partial charge is 0.248 e. The van der Waals surface area contributed by atoms with Crippen LogP contribution in [0.2, 0.25) is 0 Å². The molecule has 1 fully saturated rings. The molecule has 0 saturated heterocycles. The third-order valence-corrected chi connectivity index (χ3v) is 3.49. The van der Waals surface area contributed by atoms with Crippen molar-refractivity contribution >= 4 is 5.91 Å². The summed E-state index contributed by atoms with van der Waals surface area (Å²) in [6, 6.07) is 0. The molecule has 1 amide bonds. The molecule has 0 aromatic heterocycles. The fourth-order valence-electron chi connectivity index (χ4n) is 2.26. The normalized spacial score (nSPS) is 25.7. The van der Waals surface area contributed by atoms with Crippen molar-refractivity contribution in [2.75, 3.05) is 6.54 Å². The Morgan fingerprint density at radius 2 is 2.00 bits per heavy atom. The summed E-state index contributed by atoms with van der Waals surface area (Å²) in [7, 11) is 0. The molecule has 1 atom stereocenters. The Morgan fingerprint density at radius 3 is 2.61 bits per heavy atom. The molecule has 0 bridgehead atoms. The lowest BCUT2D eigenvalue weighted by Gasteiger charge is -2.27. The zero-order chi connectivity index (χ0) is 13.4. The van der Waals surface area contributed by atoms with Crippen molar-refractivity contribution in [1.82, 2.24) is 5.32 Å². The van der Waals surface area contributed by atoms with Crippen LogP contribution in [0.5, 0.6) is 0 Å². The maximum absolute atomic E-state index is 11.8. The number of hydrogen-bond acceptors (Lipinski definition) is 3. The standard InChI is InChI=1S/C14H27NO3/c1-3-4-5-10-15-14(17)11(2)18-13-8-6-12(16)7-9-13/h11-13,16H,3-10H2,1-2H3,(H,15,17). The molecule has 18 heavy (non-hydrogen) atoms. The SMILES string of the molecule is CCCCCNC(=O)C(C)OC1CCC(O)CC1. The molecular weight excluding hydrogens is 230 g/mol. The van der Waals surface area contributed by atoms with Crippen molar-refractivity contribution in [2.24, 2.45) is 0 Å². The van der Waals surface area contributed by atoms with Crippen LogP contribution in [0.3, 0.4) is 0 Å². The number of rotatable bonds is 7. The Kier molecular flexibility index (Phi) is 7.28. The lowest BCUT2D eigenvalue weighted by atomic mass is 9.95. The van der Waals surface area contributed by atoms with Gasteiger partial charge >= 0.3 is 0 Å². The summed E-state index contributed by atoms with van der Waals surface area (Å²) in [6.45, 7) is 4.69. The van der Waals surface area contributed by atoms with Crippen molar-refractivity contribution in [1.29, 1.82) is 0 Å². The molecule has 0 aromatic rings. The number of nitrogens with one attached hydrogen (secondary N) is 1. The average molecular weight is 257 g/mol. The molecule has 1 unspecified atom stereocenters. The van der Waals surface area contributed by atoms with E-state index in [0.717, 1.165) is 51.5 Å². The summed E-state index contributed by atoms with van der Waals surface area (Å²) in [6.07, 6.45) is 6.20. The summed E-state index contributed by atoms with van der Waals surface area (Å²) in [5.41, 5.74) is 0. The minimum atomic E-state index is -0.383. The minimum Gasteiger partial charge on any atom is -0.393 e. The van der Waals surface area contributed by atoms with E-state index in [9.17, 15) is 9.90 Å². The minimum absolute atomic E-state index is 0.0165. The lowest BCUT2D eigenvalue weighted by molar-refractivity contribution is -0.137. The molecule has 4 heteroatoms. The number of hydrogen-bond donors (Lipinski definition) is 2. The van der Waals surface area contributed by atoms with Gasteiger partial charge in [0.1, 0.15) is 6.10 Å². The predicted octanol–water partition coefficient (Wildman–Crippen LogP) is 2.00. The largest absolute Gasteiger partial charge is 0.393 e. The Labute approximate surface area is 110 Å². The third kappa shape index (κ3) is 5.83. The molecule has 0 spiro atoms. The van der Waals surface area contributed by atoms with Crippen LogP contribution < -0.4 is 5.32 Å². The molecule has 1 saturated carbocycles. The van der Waals surface area contributed by atoms with Gasteiger partial charge in [0, 0.05) is 6.54 Å². The Bertz CT molecular complexity index is 237. The fraction of sp³-hybridized carbons (Fsp3) is 0.929. The van der Waals surface area contributed by atoms with Gasteiger partial charge in [-0.2, -0.15) is 0 Å². The number of unbranched alkanes of at least 4 members (excludes halogenated alkanes) is 2. The number of ether oxygens (including phenoxy) is 1. The first-order chi connectivity index (χ1) is 8.63. The van der Waals surface area contributed by atoms with E-state index in [1.54, 1.807) is 6.92 Å². The van der Waals surface area contributed by atoms with Crippen molar-refractivity contribution in [3.8, 4) is 0 Å². The van der Waals surface area contributed by atoms with Gasteiger partial charge in [-0.1, -0.05) is 19.8 Å². The molecule has 0 heterocycles. The van der Waals surface area contributed by atoms with Gasteiger partial charge in [-0.15, -0.1) is 0 Å². The van der Waals surface area contributed by atoms with Crippen LogP contribution in [0.25, 0.3) is 0 Å². The van der Waals surface area contributed by atoms with E-state index in [2.05, 4.69) is 12.2 Å². The van der Waals surface area contributed by atoms with Crippen molar-refractivity contribution in [2.45, 2.75) is 77.1 Å². The van der Waals surface area contributed by atoms with E-state index >= 15 is 0 Å². The van der Waals surface area contributed by atoms with Gasteiger partial charge in [-0.05, 0) is 39.0 Å². The summed E-state index contributed by atoms with van der Waals surface area (Å²) < 4.78 is 5.74. The van der Waals surface area contributed by atoms with Crippen LogP contribution in [0.15, 0.2) is 0 Å². The monoisotopic (exact) mass is 257 g/mol. The zero-order valence-corrected chi connectivity index (χ0v) is 11.7. The molecule has 1 rings (SSSR count). The van der Waals surface area contributed by atoms with Gasteiger partial charge in [0.2, 0.25) is 5.91 Å². The molecule has 0 aromatic carbocycles. The quantitative estimate of drug-likeness (QED) is 0.686. The van der Waals surface area contributed by atoms with E-state index in [0.29, 0.717) is 0 Å². The van der Waals surface area contributed by atoms with E-state index in [-0.39, 0.29) is 24.2 Å². The number of carbonyl (C=O) groups excluding carboxylic acids is 1. The maximum atomic E-state index is 11.8. The van der Waals surface area contributed by atoms with E-state index in [4.69, 9.17) is 4.74 Å². The molecule has 1 aliphatic carbocycles. The Hall–Kier alpha value is -0.610. The molecular formula is C14H27NO3. The lowest BCUT2D eigenvalue weighted by Crippen LogP contribution is -2.38. The first kappa shape index (κ1) is 15.4. The van der Waals surface area contributed by atoms with Crippen molar-refractivity contribution < 1.29 is 14.6 Å². The van der Waals surface area contributed by atoms with Crippen LogP contribution in [0.1, 0.15) is 58.8 Å². The molecule has 0 aliphatic heterocycles. The predicted molar refractivity (Wildman–Crippen MR) is 71.3 cm³/mol. The first-order valence-electron chi connectivity index (χ1n) is 7.24.